The van der Waals surface area contributed by atoms with E-state index < -0.39 is 5.60 Å². The number of halogens is 2. The molecule has 4 rings (SSSR count). The van der Waals surface area contributed by atoms with Gasteiger partial charge in [0.2, 0.25) is 0 Å². The average molecular weight is 507 g/mol. The number of nitrogens with zero attached hydrogens (tertiary/aromatic N) is 4. The number of likely N-dealkylation sites (tertiary alicyclic amines) is 1. The van der Waals surface area contributed by atoms with Crippen LogP contribution in [0.15, 0.2) is 49.1 Å². The van der Waals surface area contributed by atoms with Crippen molar-refractivity contribution in [3.8, 4) is 17.2 Å². The fraction of sp³-hybridized carbons (Fsp3) is 0.417. The van der Waals surface area contributed by atoms with Crippen LogP contribution >= 0.6 is 23.2 Å². The molecule has 1 aliphatic rings. The summed E-state index contributed by atoms with van der Waals surface area (Å²) in [6.07, 6.45) is 4.55. The summed E-state index contributed by atoms with van der Waals surface area (Å²) in [7, 11) is 1.64. The summed E-state index contributed by atoms with van der Waals surface area (Å²) in [6.45, 7) is 3.66. The zero-order chi connectivity index (χ0) is 24.0. The molecule has 0 aliphatic carbocycles. The minimum Gasteiger partial charge on any atom is -0.493 e. The predicted octanol–water partition coefficient (Wildman–Crippen LogP) is 4.08. The lowest BCUT2D eigenvalue weighted by Crippen LogP contribution is -2.47. The maximum absolute atomic E-state index is 11.0. The van der Waals surface area contributed by atoms with E-state index in [-0.39, 0.29) is 6.61 Å². The normalized spacial score (nSPS) is 15.8. The van der Waals surface area contributed by atoms with Gasteiger partial charge in [0, 0.05) is 25.7 Å². The van der Waals surface area contributed by atoms with Crippen LogP contribution in [0.2, 0.25) is 10.0 Å². The van der Waals surface area contributed by atoms with Gasteiger partial charge >= 0.3 is 0 Å². The molecule has 1 fully saturated rings. The Labute approximate surface area is 209 Å². The number of hydrogen-bond donors (Lipinski definition) is 1. The Kier molecular flexibility index (Phi) is 8.15. The lowest BCUT2D eigenvalue weighted by Gasteiger charge is -2.38. The Balaban J connectivity index is 1.26. The number of benzene rings is 2. The second-order valence-electron chi connectivity index (χ2n) is 8.40. The third kappa shape index (κ3) is 6.54. The molecule has 34 heavy (non-hydrogen) atoms. The number of methoxy groups -OCH3 is 1. The smallest absolute Gasteiger partial charge is 0.161 e. The number of hydrogen-bond acceptors (Lipinski definition) is 7. The molecule has 0 spiro atoms. The molecule has 0 radical (unpaired) electrons. The molecule has 10 heteroatoms. The molecule has 8 nitrogen and oxygen atoms in total. The first-order valence-electron chi connectivity index (χ1n) is 11.1. The van der Waals surface area contributed by atoms with Crippen LogP contribution in [-0.2, 0) is 13.1 Å². The highest BCUT2D eigenvalue weighted by atomic mass is 35.5. The van der Waals surface area contributed by atoms with E-state index in [9.17, 15) is 5.11 Å². The quantitative estimate of drug-likeness (QED) is 0.443. The first kappa shape index (κ1) is 24.6. The summed E-state index contributed by atoms with van der Waals surface area (Å²) >= 11 is 12.0. The molecule has 1 N–H and O–H groups in total. The molecule has 0 unspecified atom stereocenters. The van der Waals surface area contributed by atoms with Crippen molar-refractivity contribution in [3.05, 3.63) is 64.7 Å². The first-order valence-corrected chi connectivity index (χ1v) is 11.8. The minimum absolute atomic E-state index is 0.216. The van der Waals surface area contributed by atoms with Crippen LogP contribution in [0.5, 0.6) is 17.2 Å². The minimum atomic E-state index is -0.872. The summed E-state index contributed by atoms with van der Waals surface area (Å²) in [5.74, 6) is 2.00. The number of piperidine rings is 1. The second kappa shape index (κ2) is 11.3. The Bertz CT molecular complexity index is 1070. The van der Waals surface area contributed by atoms with Crippen molar-refractivity contribution < 1.29 is 19.3 Å². The molecule has 2 heterocycles. The standard InChI is InChI=1S/C24H28Cl2N4O4/c1-32-23-12-18(2-5-22(23)33-11-10-30-16-27-28-17-30)14-29-8-6-24(31,7-9-29)15-34-19-3-4-20(25)21(26)13-19/h2-5,12-13,16-17,31H,6-11,14-15H2,1H3. The molecular formula is C24H28Cl2N4O4. The van der Waals surface area contributed by atoms with Crippen LogP contribution in [0.25, 0.3) is 0 Å². The Morgan fingerprint density at radius 3 is 2.44 bits per heavy atom. The highest BCUT2D eigenvalue weighted by Crippen LogP contribution is 2.31. The zero-order valence-corrected chi connectivity index (χ0v) is 20.5. The van der Waals surface area contributed by atoms with Gasteiger partial charge in [-0.1, -0.05) is 29.3 Å². The van der Waals surface area contributed by atoms with Gasteiger partial charge in [-0.2, -0.15) is 0 Å². The van der Waals surface area contributed by atoms with Crippen LogP contribution in [0.1, 0.15) is 18.4 Å². The lowest BCUT2D eigenvalue weighted by atomic mass is 9.92. The summed E-state index contributed by atoms with van der Waals surface area (Å²) in [4.78, 5) is 2.31. The topological polar surface area (TPSA) is 81.9 Å². The lowest BCUT2D eigenvalue weighted by molar-refractivity contribution is -0.0537. The van der Waals surface area contributed by atoms with Gasteiger partial charge in [0.15, 0.2) is 11.5 Å². The summed E-state index contributed by atoms with van der Waals surface area (Å²) in [6, 6.07) is 11.1. The zero-order valence-electron chi connectivity index (χ0n) is 19.0. The van der Waals surface area contributed by atoms with E-state index in [4.69, 9.17) is 37.4 Å². The largest absolute Gasteiger partial charge is 0.493 e. The fourth-order valence-corrected chi connectivity index (χ4v) is 4.13. The van der Waals surface area contributed by atoms with Crippen LogP contribution in [-0.4, -0.2) is 63.8 Å². The van der Waals surface area contributed by atoms with Crippen LogP contribution in [0, 0.1) is 0 Å². The van der Waals surface area contributed by atoms with Gasteiger partial charge in [0.25, 0.3) is 0 Å². The number of rotatable bonds is 10. The van der Waals surface area contributed by atoms with Gasteiger partial charge in [0.1, 0.15) is 37.2 Å². The van der Waals surface area contributed by atoms with Crippen molar-refractivity contribution in [2.45, 2.75) is 31.5 Å². The van der Waals surface area contributed by atoms with Gasteiger partial charge < -0.3 is 23.9 Å². The van der Waals surface area contributed by atoms with Crippen molar-refractivity contribution in [1.29, 1.82) is 0 Å². The molecule has 1 aliphatic heterocycles. The van der Waals surface area contributed by atoms with Crippen LogP contribution in [0.3, 0.4) is 0 Å². The van der Waals surface area contributed by atoms with Gasteiger partial charge in [-0.15, -0.1) is 10.2 Å². The van der Waals surface area contributed by atoms with Crippen molar-refractivity contribution in [2.24, 2.45) is 0 Å². The van der Waals surface area contributed by atoms with Crippen LogP contribution in [0.4, 0.5) is 0 Å². The fourth-order valence-electron chi connectivity index (χ4n) is 3.84. The predicted molar refractivity (Wildman–Crippen MR) is 130 cm³/mol. The SMILES string of the molecule is COc1cc(CN2CCC(O)(COc3ccc(Cl)c(Cl)c3)CC2)ccc1OCCn1cnnc1. The molecule has 1 saturated heterocycles. The summed E-state index contributed by atoms with van der Waals surface area (Å²) in [5.41, 5.74) is 0.253. The van der Waals surface area contributed by atoms with E-state index in [1.165, 1.54) is 0 Å². The molecule has 1 aromatic heterocycles. The maximum Gasteiger partial charge on any atom is 0.161 e. The summed E-state index contributed by atoms with van der Waals surface area (Å²) in [5, 5.41) is 19.4. The van der Waals surface area contributed by atoms with Crippen molar-refractivity contribution >= 4 is 23.2 Å². The second-order valence-corrected chi connectivity index (χ2v) is 9.21. The maximum atomic E-state index is 11.0. The molecule has 182 valence electrons. The molecule has 0 saturated carbocycles. The van der Waals surface area contributed by atoms with Crippen molar-refractivity contribution in [3.63, 3.8) is 0 Å². The van der Waals surface area contributed by atoms with E-state index in [1.807, 2.05) is 22.8 Å². The Morgan fingerprint density at radius 2 is 1.74 bits per heavy atom. The van der Waals surface area contributed by atoms with Crippen molar-refractivity contribution in [2.75, 3.05) is 33.4 Å². The molecule has 0 bridgehead atoms. The molecule has 0 amide bonds. The van der Waals surface area contributed by atoms with E-state index in [0.717, 1.165) is 25.2 Å². The van der Waals surface area contributed by atoms with Gasteiger partial charge in [0.05, 0.1) is 23.7 Å². The van der Waals surface area contributed by atoms with Gasteiger partial charge in [-0.3, -0.25) is 4.90 Å². The average Bonchev–Trinajstić information content (AvgIpc) is 3.36. The highest BCUT2D eigenvalue weighted by Gasteiger charge is 2.33. The first-order chi connectivity index (χ1) is 16.4. The van der Waals surface area contributed by atoms with Gasteiger partial charge in [-0.05, 0) is 42.7 Å². The Hall–Kier alpha value is -2.52. The van der Waals surface area contributed by atoms with Crippen LogP contribution < -0.4 is 14.2 Å². The number of ether oxygens (including phenoxy) is 3. The third-order valence-electron chi connectivity index (χ3n) is 5.89. The van der Waals surface area contributed by atoms with E-state index >= 15 is 0 Å². The third-order valence-corrected chi connectivity index (χ3v) is 6.63. The number of aliphatic hydroxyl groups is 1. The molecule has 3 aromatic rings. The van der Waals surface area contributed by atoms with Gasteiger partial charge in [-0.25, -0.2) is 0 Å². The Morgan fingerprint density at radius 1 is 0.971 bits per heavy atom. The monoisotopic (exact) mass is 506 g/mol. The molecule has 0 atom stereocenters. The summed E-state index contributed by atoms with van der Waals surface area (Å²) < 4.78 is 19.1. The van der Waals surface area contributed by atoms with E-state index in [1.54, 1.807) is 38.0 Å². The van der Waals surface area contributed by atoms with Crippen molar-refractivity contribution in [1.82, 2.24) is 19.7 Å². The van der Waals surface area contributed by atoms with E-state index in [2.05, 4.69) is 15.1 Å². The van der Waals surface area contributed by atoms with E-state index in [0.29, 0.717) is 53.3 Å². The molecule has 2 aromatic carbocycles. The number of aromatic nitrogens is 3. The highest BCUT2D eigenvalue weighted by molar-refractivity contribution is 6.42. The molecular weight excluding hydrogens is 479 g/mol.